The van der Waals surface area contributed by atoms with Crippen LogP contribution in [-0.4, -0.2) is 27.4 Å². The Morgan fingerprint density at radius 3 is 2.63 bits per heavy atom. The Bertz CT molecular complexity index is 957. The van der Waals surface area contributed by atoms with Crippen molar-refractivity contribution in [3.63, 3.8) is 0 Å². The molecule has 7 nitrogen and oxygen atoms in total. The normalized spacial score (nSPS) is 10.6. The van der Waals surface area contributed by atoms with Crippen molar-refractivity contribution in [3.8, 4) is 0 Å². The topological polar surface area (TPSA) is 98.0 Å². The predicted molar refractivity (Wildman–Crippen MR) is 107 cm³/mol. The highest BCUT2D eigenvalue weighted by molar-refractivity contribution is 8.00. The fourth-order valence-electron chi connectivity index (χ4n) is 2.28. The van der Waals surface area contributed by atoms with Crippen molar-refractivity contribution in [2.45, 2.75) is 17.0 Å². The van der Waals surface area contributed by atoms with Gasteiger partial charge in [-0.15, -0.1) is 10.2 Å². The van der Waals surface area contributed by atoms with Crippen molar-refractivity contribution in [3.05, 3.63) is 75.3 Å². The monoisotopic (exact) mass is 400 g/mol. The number of hydrogen-bond donors (Lipinski definition) is 1. The Labute approximate surface area is 164 Å². The molecule has 9 heteroatoms. The molecule has 0 atom stereocenters. The van der Waals surface area contributed by atoms with Gasteiger partial charge in [-0.05, 0) is 30.2 Å². The van der Waals surface area contributed by atoms with Gasteiger partial charge >= 0.3 is 0 Å². The second kappa shape index (κ2) is 8.74. The number of carbonyl (C=O) groups is 1. The Balaban J connectivity index is 1.52. The summed E-state index contributed by atoms with van der Waals surface area (Å²) in [4.78, 5) is 22.3. The summed E-state index contributed by atoms with van der Waals surface area (Å²) in [7, 11) is 0. The summed E-state index contributed by atoms with van der Waals surface area (Å²) in [6.45, 7) is 2.13. The molecule has 0 saturated heterocycles. The minimum atomic E-state index is -0.496. The van der Waals surface area contributed by atoms with Gasteiger partial charge in [-0.3, -0.25) is 14.9 Å². The predicted octanol–water partition coefficient (Wildman–Crippen LogP) is 4.34. The minimum absolute atomic E-state index is 0.0426. The quantitative estimate of drug-likeness (QED) is 0.260. The standard InChI is InChI=1S/C18H16N4O3S2/c1-12-4-2-3-5-14(12)11-26-18-21-20-17(27-18)19-10-16(23)13-6-8-15(9-7-13)22(24)25/h2-9H,10-11H2,1H3,(H,19,20). The largest absolute Gasteiger partial charge is 0.353 e. The van der Waals surface area contributed by atoms with E-state index >= 15 is 0 Å². The number of nitrogens with one attached hydrogen (secondary N) is 1. The van der Waals surface area contributed by atoms with Gasteiger partial charge in [0.1, 0.15) is 0 Å². The Hall–Kier alpha value is -2.78. The molecule has 0 amide bonds. The first kappa shape index (κ1) is 19.0. The van der Waals surface area contributed by atoms with E-state index in [-0.39, 0.29) is 18.0 Å². The first-order valence-corrected chi connectivity index (χ1v) is 9.85. The zero-order valence-electron chi connectivity index (χ0n) is 14.4. The molecular formula is C18H16N4O3S2. The lowest BCUT2D eigenvalue weighted by molar-refractivity contribution is -0.384. The average molecular weight is 400 g/mol. The van der Waals surface area contributed by atoms with Gasteiger partial charge in [0.15, 0.2) is 10.1 Å². The molecule has 0 unspecified atom stereocenters. The van der Waals surface area contributed by atoms with E-state index in [9.17, 15) is 14.9 Å². The van der Waals surface area contributed by atoms with Crippen molar-refractivity contribution in [2.24, 2.45) is 0 Å². The van der Waals surface area contributed by atoms with E-state index in [0.29, 0.717) is 10.7 Å². The van der Waals surface area contributed by atoms with Crippen molar-refractivity contribution < 1.29 is 9.72 Å². The van der Waals surface area contributed by atoms with Gasteiger partial charge in [-0.25, -0.2) is 0 Å². The molecule has 0 radical (unpaired) electrons. The van der Waals surface area contributed by atoms with Crippen molar-refractivity contribution in [1.29, 1.82) is 0 Å². The second-order valence-electron chi connectivity index (χ2n) is 5.67. The SMILES string of the molecule is Cc1ccccc1CSc1nnc(NCC(=O)c2ccc([N+](=O)[O-])cc2)s1. The molecule has 138 valence electrons. The molecule has 0 saturated carbocycles. The second-order valence-corrected chi connectivity index (χ2v) is 7.87. The molecule has 1 heterocycles. The lowest BCUT2D eigenvalue weighted by atomic mass is 10.1. The molecular weight excluding hydrogens is 384 g/mol. The number of aryl methyl sites for hydroxylation is 1. The Morgan fingerprint density at radius 2 is 1.93 bits per heavy atom. The van der Waals surface area contributed by atoms with Crippen LogP contribution in [0.2, 0.25) is 0 Å². The highest BCUT2D eigenvalue weighted by atomic mass is 32.2. The summed E-state index contributed by atoms with van der Waals surface area (Å²) >= 11 is 2.99. The van der Waals surface area contributed by atoms with Crippen LogP contribution in [0.15, 0.2) is 52.9 Å². The Morgan fingerprint density at radius 1 is 1.19 bits per heavy atom. The van der Waals surface area contributed by atoms with Crippen LogP contribution in [-0.2, 0) is 5.75 Å². The average Bonchev–Trinajstić information content (AvgIpc) is 3.13. The number of carbonyl (C=O) groups excluding carboxylic acids is 1. The van der Waals surface area contributed by atoms with Gasteiger partial charge in [0.25, 0.3) is 5.69 Å². The number of ketones is 1. The number of non-ortho nitro benzene ring substituents is 1. The fraction of sp³-hybridized carbons (Fsp3) is 0.167. The lowest BCUT2D eigenvalue weighted by Crippen LogP contribution is -2.13. The maximum Gasteiger partial charge on any atom is 0.269 e. The summed E-state index contributed by atoms with van der Waals surface area (Å²) in [5, 5.41) is 22.3. The summed E-state index contributed by atoms with van der Waals surface area (Å²) in [6, 6.07) is 13.7. The van der Waals surface area contributed by atoms with Gasteiger partial charge < -0.3 is 5.32 Å². The molecule has 0 aliphatic rings. The number of aromatic nitrogens is 2. The number of nitro groups is 1. The van der Waals surface area contributed by atoms with Gasteiger partial charge in [0.2, 0.25) is 5.13 Å². The van der Waals surface area contributed by atoms with Crippen molar-refractivity contribution in [1.82, 2.24) is 10.2 Å². The zero-order valence-corrected chi connectivity index (χ0v) is 16.0. The fourth-order valence-corrected chi connectivity index (χ4v) is 4.10. The van der Waals surface area contributed by atoms with Gasteiger partial charge in [0, 0.05) is 23.4 Å². The highest BCUT2D eigenvalue weighted by Gasteiger charge is 2.11. The van der Waals surface area contributed by atoms with Gasteiger partial charge in [-0.1, -0.05) is 47.4 Å². The van der Waals surface area contributed by atoms with Crippen LogP contribution in [0.5, 0.6) is 0 Å². The van der Waals surface area contributed by atoms with Crippen LogP contribution in [0, 0.1) is 17.0 Å². The minimum Gasteiger partial charge on any atom is -0.353 e. The summed E-state index contributed by atoms with van der Waals surface area (Å²) in [5.41, 5.74) is 2.85. The van der Waals surface area contributed by atoms with Crippen LogP contribution in [0.3, 0.4) is 0 Å². The van der Waals surface area contributed by atoms with Crippen molar-refractivity contribution >= 4 is 39.7 Å². The molecule has 0 bridgehead atoms. The van der Waals surface area contributed by atoms with E-state index in [4.69, 9.17) is 0 Å². The molecule has 3 rings (SSSR count). The molecule has 1 aromatic heterocycles. The first-order valence-electron chi connectivity index (χ1n) is 8.05. The van der Waals surface area contributed by atoms with Crippen molar-refractivity contribution in [2.75, 3.05) is 11.9 Å². The van der Waals surface area contributed by atoms with E-state index in [2.05, 4.69) is 34.6 Å². The van der Waals surface area contributed by atoms with Crippen LogP contribution in [0.1, 0.15) is 21.5 Å². The number of thioether (sulfide) groups is 1. The molecule has 2 aromatic carbocycles. The molecule has 0 fully saturated rings. The third-order valence-electron chi connectivity index (χ3n) is 3.82. The Kier molecular flexibility index (Phi) is 6.15. The first-order chi connectivity index (χ1) is 13.0. The van der Waals surface area contributed by atoms with Crippen LogP contribution in [0.25, 0.3) is 0 Å². The van der Waals surface area contributed by atoms with Gasteiger partial charge in [0.05, 0.1) is 11.5 Å². The molecule has 0 spiro atoms. The maximum absolute atomic E-state index is 12.2. The highest BCUT2D eigenvalue weighted by Crippen LogP contribution is 2.29. The van der Waals surface area contributed by atoms with E-state index < -0.39 is 4.92 Å². The van der Waals surface area contributed by atoms with E-state index in [1.54, 1.807) is 11.8 Å². The number of Topliss-reactive ketones (excluding diaryl/α,β-unsaturated/α-hetero) is 1. The third-order valence-corrected chi connectivity index (χ3v) is 5.88. The zero-order chi connectivity index (χ0) is 19.2. The van der Waals surface area contributed by atoms with Crippen LogP contribution < -0.4 is 5.32 Å². The summed E-state index contributed by atoms with van der Waals surface area (Å²) < 4.78 is 0.823. The molecule has 1 N–H and O–H groups in total. The number of anilines is 1. The molecule has 0 aliphatic carbocycles. The smallest absolute Gasteiger partial charge is 0.269 e. The molecule has 27 heavy (non-hydrogen) atoms. The van der Waals surface area contributed by atoms with Crippen LogP contribution in [0.4, 0.5) is 10.8 Å². The van der Waals surface area contributed by atoms with Crippen LogP contribution >= 0.6 is 23.1 Å². The van der Waals surface area contributed by atoms with E-state index in [1.807, 2.05) is 12.1 Å². The molecule has 3 aromatic rings. The third kappa shape index (κ3) is 5.11. The lowest BCUT2D eigenvalue weighted by Gasteiger charge is -2.02. The maximum atomic E-state index is 12.2. The number of nitro benzene ring substituents is 1. The van der Waals surface area contributed by atoms with E-state index in [1.165, 1.54) is 46.7 Å². The summed E-state index contributed by atoms with van der Waals surface area (Å²) in [6.07, 6.45) is 0. The molecule has 0 aliphatic heterocycles. The summed E-state index contributed by atoms with van der Waals surface area (Å²) in [5.74, 6) is 0.637. The number of benzene rings is 2. The number of nitrogens with zero attached hydrogens (tertiary/aromatic N) is 3. The van der Waals surface area contributed by atoms with Gasteiger partial charge in [-0.2, -0.15) is 0 Å². The number of hydrogen-bond acceptors (Lipinski definition) is 8. The van der Waals surface area contributed by atoms with E-state index in [0.717, 1.165) is 10.1 Å². The number of rotatable bonds is 8.